The van der Waals surface area contributed by atoms with Gasteiger partial charge in [-0.25, -0.2) is 0 Å². The van der Waals surface area contributed by atoms with Crippen molar-refractivity contribution < 1.29 is 25.9 Å². The largest absolute Gasteiger partial charge is 0.354 e. The quantitative estimate of drug-likeness (QED) is 0.463. The second-order valence-electron chi connectivity index (χ2n) is 6.53. The van der Waals surface area contributed by atoms with Crippen molar-refractivity contribution in [3.63, 3.8) is 0 Å². The minimum Gasteiger partial charge on any atom is -0.354 e. The van der Waals surface area contributed by atoms with Crippen LogP contribution >= 0.6 is 0 Å². The smallest absolute Gasteiger partial charge is 0.296 e. The Labute approximate surface area is 167 Å². The first-order chi connectivity index (χ1) is 13.6. The molecule has 0 fully saturated rings. The highest BCUT2D eigenvalue weighted by Crippen LogP contribution is 2.47. The van der Waals surface area contributed by atoms with Gasteiger partial charge < -0.3 is 10.6 Å². The van der Waals surface area contributed by atoms with Gasteiger partial charge in [0.1, 0.15) is 4.90 Å². The Hall–Kier alpha value is -2.92. The number of hydrogen-bond acceptors (Lipinski definition) is 6. The maximum absolute atomic E-state index is 12.0. The highest BCUT2D eigenvalue weighted by Gasteiger charge is 2.42. The minimum atomic E-state index is -4.80. The van der Waals surface area contributed by atoms with Crippen molar-refractivity contribution in [3.8, 4) is 0 Å². The van der Waals surface area contributed by atoms with Gasteiger partial charge in [0.25, 0.3) is 20.2 Å². The van der Waals surface area contributed by atoms with Crippen molar-refractivity contribution in [3.05, 3.63) is 83.9 Å². The van der Waals surface area contributed by atoms with Crippen LogP contribution in [0.1, 0.15) is 11.1 Å². The molecule has 1 heterocycles. The molecule has 0 unspecified atom stereocenters. The van der Waals surface area contributed by atoms with Gasteiger partial charge in [-0.15, -0.1) is 0 Å². The summed E-state index contributed by atoms with van der Waals surface area (Å²) in [7, 11) is -9.52. The summed E-state index contributed by atoms with van der Waals surface area (Å²) in [6, 6.07) is 20.0. The minimum absolute atomic E-state index is 0.00685. The highest BCUT2D eigenvalue weighted by atomic mass is 32.2. The lowest BCUT2D eigenvalue weighted by Crippen LogP contribution is -2.40. The zero-order chi connectivity index (χ0) is 20.9. The van der Waals surface area contributed by atoms with E-state index in [4.69, 9.17) is 0 Å². The Bertz CT molecular complexity index is 1250. The molecule has 0 amide bonds. The molecule has 0 saturated heterocycles. The van der Waals surface area contributed by atoms with E-state index in [1.807, 2.05) is 36.4 Å². The normalized spacial score (nSPS) is 15.2. The molecule has 3 aromatic rings. The van der Waals surface area contributed by atoms with Crippen LogP contribution in [-0.2, 0) is 25.9 Å². The van der Waals surface area contributed by atoms with Gasteiger partial charge in [-0.1, -0.05) is 60.7 Å². The number of rotatable bonds is 4. The molecular formula is C19H16N2O6S2. The number of hydrogen-bond donors (Lipinski definition) is 4. The molecule has 0 saturated carbocycles. The van der Waals surface area contributed by atoms with E-state index >= 15 is 0 Å². The highest BCUT2D eigenvalue weighted by molar-refractivity contribution is 7.86. The molecule has 29 heavy (non-hydrogen) atoms. The summed E-state index contributed by atoms with van der Waals surface area (Å²) >= 11 is 0. The lowest BCUT2D eigenvalue weighted by molar-refractivity contribution is 0.481. The van der Waals surface area contributed by atoms with Crippen LogP contribution in [0.5, 0.6) is 0 Å². The first-order valence-electron chi connectivity index (χ1n) is 8.42. The average Bonchev–Trinajstić information content (AvgIpc) is 3.08. The lowest BCUT2D eigenvalue weighted by Gasteiger charge is -2.32. The zero-order valence-corrected chi connectivity index (χ0v) is 16.4. The summed E-state index contributed by atoms with van der Waals surface area (Å²) in [5.41, 5.74) is 0.393. The fourth-order valence-corrected chi connectivity index (χ4v) is 4.73. The van der Waals surface area contributed by atoms with Crippen LogP contribution in [0, 0.1) is 0 Å². The Morgan fingerprint density at radius 2 is 1.21 bits per heavy atom. The van der Waals surface area contributed by atoms with Gasteiger partial charge in [-0.3, -0.25) is 9.11 Å². The van der Waals surface area contributed by atoms with Gasteiger partial charge in [-0.05, 0) is 12.1 Å². The molecule has 0 radical (unpaired) electrons. The lowest BCUT2D eigenvalue weighted by atomic mass is 9.92. The number of nitrogens with one attached hydrogen (secondary N) is 2. The van der Waals surface area contributed by atoms with E-state index in [-0.39, 0.29) is 11.4 Å². The average molecular weight is 432 g/mol. The van der Waals surface area contributed by atoms with Crippen LogP contribution in [0.15, 0.2) is 82.6 Å². The molecule has 8 nitrogen and oxygen atoms in total. The monoisotopic (exact) mass is 432 g/mol. The number of fused-ring (bicyclic) bond motifs is 1. The molecule has 0 bridgehead atoms. The first-order valence-corrected chi connectivity index (χ1v) is 11.3. The second kappa shape index (κ2) is 6.56. The third kappa shape index (κ3) is 3.36. The predicted octanol–water partition coefficient (Wildman–Crippen LogP) is 2.92. The van der Waals surface area contributed by atoms with E-state index in [1.54, 1.807) is 24.3 Å². The molecule has 0 aromatic heterocycles. The van der Waals surface area contributed by atoms with Crippen molar-refractivity contribution in [2.45, 2.75) is 15.5 Å². The third-order valence-electron chi connectivity index (χ3n) is 4.70. The molecule has 10 heteroatoms. The maximum atomic E-state index is 12.0. The van der Waals surface area contributed by atoms with E-state index < -0.39 is 35.7 Å². The van der Waals surface area contributed by atoms with E-state index in [0.717, 1.165) is 17.2 Å². The topological polar surface area (TPSA) is 133 Å². The van der Waals surface area contributed by atoms with Crippen LogP contribution < -0.4 is 10.6 Å². The molecule has 0 spiro atoms. The van der Waals surface area contributed by atoms with Gasteiger partial charge in [0.2, 0.25) is 0 Å². The second-order valence-corrected chi connectivity index (χ2v) is 9.34. The summed E-state index contributed by atoms with van der Waals surface area (Å²) < 4.78 is 66.3. The van der Waals surface area contributed by atoms with Crippen molar-refractivity contribution in [1.82, 2.24) is 0 Å². The summed E-state index contributed by atoms with van der Waals surface area (Å²) in [5, 5.41) is 6.25. The van der Waals surface area contributed by atoms with E-state index in [2.05, 4.69) is 10.6 Å². The predicted molar refractivity (Wildman–Crippen MR) is 107 cm³/mol. The fourth-order valence-electron chi connectivity index (χ4n) is 3.42. The Balaban J connectivity index is 2.01. The molecule has 4 N–H and O–H groups in total. The zero-order valence-electron chi connectivity index (χ0n) is 14.8. The van der Waals surface area contributed by atoms with E-state index in [9.17, 15) is 25.9 Å². The maximum Gasteiger partial charge on any atom is 0.296 e. The van der Waals surface area contributed by atoms with Crippen molar-refractivity contribution >= 4 is 31.6 Å². The molecule has 0 atom stereocenters. The number of anilines is 2. The van der Waals surface area contributed by atoms with Gasteiger partial charge in [-0.2, -0.15) is 16.8 Å². The van der Waals surface area contributed by atoms with Crippen molar-refractivity contribution in [1.29, 1.82) is 0 Å². The summed E-state index contributed by atoms with van der Waals surface area (Å²) in [4.78, 5) is -1.32. The molecule has 3 aromatic carbocycles. The Kier molecular flexibility index (Phi) is 4.39. The van der Waals surface area contributed by atoms with E-state index in [0.29, 0.717) is 6.07 Å². The Morgan fingerprint density at radius 3 is 1.66 bits per heavy atom. The standard InChI is InChI=1S/C19H16N2O6S2/c22-28(23,24)15-11-16-18(17(12-15)29(25,26)27)21-19(20-16,13-7-3-1-4-8-13)14-9-5-2-6-10-14/h1-12,20-21H,(H,22,23,24)(H,25,26,27). The summed E-state index contributed by atoms with van der Waals surface area (Å²) in [6.45, 7) is 0. The third-order valence-corrected chi connectivity index (χ3v) is 6.41. The molecule has 1 aliphatic heterocycles. The summed E-state index contributed by atoms with van der Waals surface area (Å²) in [6.07, 6.45) is 0. The van der Waals surface area contributed by atoms with Crippen LogP contribution in [0.2, 0.25) is 0 Å². The van der Waals surface area contributed by atoms with Crippen molar-refractivity contribution in [2.75, 3.05) is 10.6 Å². The van der Waals surface area contributed by atoms with Crippen molar-refractivity contribution in [2.24, 2.45) is 0 Å². The van der Waals surface area contributed by atoms with Crippen LogP contribution in [0.4, 0.5) is 11.4 Å². The van der Waals surface area contributed by atoms with E-state index in [1.165, 1.54) is 0 Å². The molecular weight excluding hydrogens is 416 g/mol. The Morgan fingerprint density at radius 1 is 0.690 bits per heavy atom. The number of benzene rings is 3. The first kappa shape index (κ1) is 19.4. The van der Waals surface area contributed by atoms with Gasteiger partial charge in [0.15, 0.2) is 5.66 Å². The van der Waals surface area contributed by atoms with Gasteiger partial charge in [0, 0.05) is 11.1 Å². The SMILES string of the molecule is O=S(=O)(O)c1cc2c(c(S(=O)(=O)O)c1)NC(c1ccccc1)(c1ccccc1)N2. The molecule has 1 aliphatic rings. The van der Waals surface area contributed by atoms with Crippen LogP contribution in [-0.4, -0.2) is 25.9 Å². The molecule has 150 valence electrons. The molecule has 4 rings (SSSR count). The van der Waals surface area contributed by atoms with Crippen LogP contribution in [0.3, 0.4) is 0 Å². The van der Waals surface area contributed by atoms with Gasteiger partial charge in [0.05, 0.1) is 16.3 Å². The molecule has 0 aliphatic carbocycles. The fraction of sp³-hybridized carbons (Fsp3) is 0.0526. The summed E-state index contributed by atoms with van der Waals surface area (Å²) in [5.74, 6) is 0. The van der Waals surface area contributed by atoms with Crippen LogP contribution in [0.25, 0.3) is 0 Å². The van der Waals surface area contributed by atoms with Gasteiger partial charge >= 0.3 is 0 Å².